The summed E-state index contributed by atoms with van der Waals surface area (Å²) in [5.41, 5.74) is 0. The largest absolute Gasteiger partial charge is 0.468 e. The molecule has 2 unspecified atom stereocenters. The number of likely N-dealkylation sites (tertiary alicyclic amines) is 2. The van der Waals surface area contributed by atoms with Crippen LogP contribution >= 0.6 is 0 Å². The number of furan rings is 1. The van der Waals surface area contributed by atoms with E-state index >= 15 is 0 Å². The molecule has 2 saturated heterocycles. The number of piperidine rings is 1. The fourth-order valence-electron chi connectivity index (χ4n) is 4.04. The minimum atomic E-state index is 0.268. The summed E-state index contributed by atoms with van der Waals surface area (Å²) in [7, 11) is 3.65. The number of aliphatic imine (C=N–C) groups is 1. The maximum absolute atomic E-state index is 5.74. The highest BCUT2D eigenvalue weighted by molar-refractivity contribution is 5.80. The molecule has 2 atom stereocenters. The maximum Gasteiger partial charge on any atom is 0.193 e. The van der Waals surface area contributed by atoms with E-state index in [0.29, 0.717) is 5.92 Å². The number of methoxy groups -OCH3 is 1. The summed E-state index contributed by atoms with van der Waals surface area (Å²) in [4.78, 5) is 9.39. The van der Waals surface area contributed by atoms with E-state index in [9.17, 15) is 0 Å². The summed E-state index contributed by atoms with van der Waals surface area (Å²) >= 11 is 0. The lowest BCUT2D eigenvalue weighted by Gasteiger charge is -2.34. The zero-order valence-corrected chi connectivity index (χ0v) is 15.6. The normalized spacial score (nSPS) is 23.8. The molecule has 3 heterocycles. The second-order valence-corrected chi connectivity index (χ2v) is 7.11. The van der Waals surface area contributed by atoms with Gasteiger partial charge in [0, 0.05) is 39.7 Å². The van der Waals surface area contributed by atoms with Crippen LogP contribution in [0.5, 0.6) is 0 Å². The van der Waals surface area contributed by atoms with Crippen molar-refractivity contribution in [2.24, 2.45) is 10.9 Å². The number of guanidine groups is 1. The van der Waals surface area contributed by atoms with Crippen LogP contribution < -0.4 is 5.32 Å². The molecule has 0 saturated carbocycles. The van der Waals surface area contributed by atoms with Crippen molar-refractivity contribution in [3.63, 3.8) is 0 Å². The minimum Gasteiger partial charge on any atom is -0.468 e. The average molecular weight is 348 g/mol. The van der Waals surface area contributed by atoms with E-state index in [-0.39, 0.29) is 6.04 Å². The molecule has 0 amide bonds. The third-order valence-electron chi connectivity index (χ3n) is 5.36. The lowest BCUT2D eigenvalue weighted by atomic mass is 10.1. The number of ether oxygens (including phenoxy) is 1. The van der Waals surface area contributed by atoms with E-state index in [1.807, 2.05) is 13.1 Å². The molecule has 0 spiro atoms. The highest BCUT2D eigenvalue weighted by Gasteiger charge is 2.28. The summed E-state index contributed by atoms with van der Waals surface area (Å²) < 4.78 is 11.0. The molecule has 6 nitrogen and oxygen atoms in total. The van der Waals surface area contributed by atoms with Gasteiger partial charge in [-0.15, -0.1) is 0 Å². The Labute approximate surface area is 151 Å². The molecule has 2 aliphatic heterocycles. The molecular weight excluding hydrogens is 316 g/mol. The first-order chi connectivity index (χ1) is 12.3. The summed E-state index contributed by atoms with van der Waals surface area (Å²) in [5, 5.41) is 3.59. The van der Waals surface area contributed by atoms with Gasteiger partial charge in [0.05, 0.1) is 18.9 Å². The summed E-state index contributed by atoms with van der Waals surface area (Å²) in [5.74, 6) is 2.64. The van der Waals surface area contributed by atoms with Crippen LogP contribution in [0, 0.1) is 5.92 Å². The van der Waals surface area contributed by atoms with Crippen molar-refractivity contribution in [2.75, 3.05) is 53.5 Å². The number of hydrogen-bond donors (Lipinski definition) is 1. The molecule has 0 bridgehead atoms. The smallest absolute Gasteiger partial charge is 0.193 e. The summed E-state index contributed by atoms with van der Waals surface area (Å²) in [6, 6.07) is 4.34. The Morgan fingerprint density at radius 2 is 2.20 bits per heavy atom. The SMILES string of the molecule is CN=C(NCC(c1ccco1)N1CCCCC1)N1CCC(COC)C1. The molecule has 0 aromatic carbocycles. The monoisotopic (exact) mass is 348 g/mol. The zero-order chi connectivity index (χ0) is 17.5. The lowest BCUT2D eigenvalue weighted by Crippen LogP contribution is -2.45. The molecule has 6 heteroatoms. The van der Waals surface area contributed by atoms with Crippen LogP contribution in [0.25, 0.3) is 0 Å². The predicted molar refractivity (Wildman–Crippen MR) is 99.8 cm³/mol. The van der Waals surface area contributed by atoms with Crippen LogP contribution in [-0.2, 0) is 4.74 Å². The van der Waals surface area contributed by atoms with Crippen molar-refractivity contribution in [3.05, 3.63) is 24.2 Å². The second kappa shape index (κ2) is 9.25. The highest BCUT2D eigenvalue weighted by atomic mass is 16.5. The van der Waals surface area contributed by atoms with Gasteiger partial charge in [0.2, 0.25) is 0 Å². The predicted octanol–water partition coefficient (Wildman–Crippen LogP) is 2.35. The van der Waals surface area contributed by atoms with Gasteiger partial charge in [0.15, 0.2) is 5.96 Å². The van der Waals surface area contributed by atoms with Crippen molar-refractivity contribution in [1.82, 2.24) is 15.1 Å². The first-order valence-corrected chi connectivity index (χ1v) is 9.53. The molecule has 140 valence electrons. The van der Waals surface area contributed by atoms with Crippen molar-refractivity contribution < 1.29 is 9.15 Å². The van der Waals surface area contributed by atoms with Gasteiger partial charge in [-0.05, 0) is 44.5 Å². The zero-order valence-electron chi connectivity index (χ0n) is 15.6. The molecule has 1 aromatic heterocycles. The standard InChI is InChI=1S/C19H32N4O2/c1-20-19(23-11-8-16(14-23)15-24-2)21-13-17(18-7-6-12-25-18)22-9-4-3-5-10-22/h6-7,12,16-17H,3-5,8-11,13-15H2,1-2H3,(H,20,21). The number of rotatable bonds is 6. The van der Waals surface area contributed by atoms with Crippen molar-refractivity contribution in [2.45, 2.75) is 31.7 Å². The summed E-state index contributed by atoms with van der Waals surface area (Å²) in [6.45, 7) is 6.00. The summed E-state index contributed by atoms with van der Waals surface area (Å²) in [6.07, 6.45) is 6.83. The quantitative estimate of drug-likeness (QED) is 0.632. The van der Waals surface area contributed by atoms with E-state index in [4.69, 9.17) is 9.15 Å². The molecule has 25 heavy (non-hydrogen) atoms. The van der Waals surface area contributed by atoms with E-state index in [1.54, 1.807) is 13.4 Å². The first-order valence-electron chi connectivity index (χ1n) is 9.53. The van der Waals surface area contributed by atoms with Crippen LogP contribution in [0.2, 0.25) is 0 Å². The van der Waals surface area contributed by atoms with Gasteiger partial charge in [0.25, 0.3) is 0 Å². The molecule has 0 radical (unpaired) electrons. The fourth-order valence-corrected chi connectivity index (χ4v) is 4.04. The van der Waals surface area contributed by atoms with Crippen LogP contribution in [-0.4, -0.2) is 69.2 Å². The van der Waals surface area contributed by atoms with Crippen molar-refractivity contribution >= 4 is 5.96 Å². The Hall–Kier alpha value is -1.53. The topological polar surface area (TPSA) is 53.2 Å². The minimum absolute atomic E-state index is 0.268. The van der Waals surface area contributed by atoms with E-state index in [1.165, 1.54) is 25.7 Å². The molecular formula is C19H32N4O2. The Bertz CT molecular complexity index is 526. The van der Waals surface area contributed by atoms with Gasteiger partial charge >= 0.3 is 0 Å². The number of nitrogens with zero attached hydrogens (tertiary/aromatic N) is 3. The number of hydrogen-bond acceptors (Lipinski definition) is 4. The number of nitrogens with one attached hydrogen (secondary N) is 1. The molecule has 2 aliphatic rings. The maximum atomic E-state index is 5.74. The van der Waals surface area contributed by atoms with Gasteiger partial charge < -0.3 is 19.4 Å². The van der Waals surface area contributed by atoms with Gasteiger partial charge in [-0.25, -0.2) is 0 Å². The van der Waals surface area contributed by atoms with Crippen LogP contribution in [0.15, 0.2) is 27.8 Å². The molecule has 1 N–H and O–H groups in total. The van der Waals surface area contributed by atoms with E-state index in [2.05, 4.69) is 26.2 Å². The lowest BCUT2D eigenvalue weighted by molar-refractivity contribution is 0.145. The molecule has 0 aliphatic carbocycles. The Morgan fingerprint density at radius 3 is 2.88 bits per heavy atom. The van der Waals surface area contributed by atoms with Crippen LogP contribution in [0.3, 0.4) is 0 Å². The van der Waals surface area contributed by atoms with E-state index in [0.717, 1.165) is 51.1 Å². The molecule has 3 rings (SSSR count). The van der Waals surface area contributed by atoms with Gasteiger partial charge in [-0.1, -0.05) is 6.42 Å². The van der Waals surface area contributed by atoms with Crippen molar-refractivity contribution in [3.8, 4) is 0 Å². The Kier molecular flexibility index (Phi) is 6.76. The second-order valence-electron chi connectivity index (χ2n) is 7.11. The average Bonchev–Trinajstić information content (AvgIpc) is 3.32. The molecule has 1 aromatic rings. The van der Waals surface area contributed by atoms with Crippen LogP contribution in [0.4, 0.5) is 0 Å². The van der Waals surface area contributed by atoms with Crippen molar-refractivity contribution in [1.29, 1.82) is 0 Å². The highest BCUT2D eigenvalue weighted by Crippen LogP contribution is 2.25. The van der Waals surface area contributed by atoms with Gasteiger partial charge in [-0.3, -0.25) is 9.89 Å². The third-order valence-corrected chi connectivity index (χ3v) is 5.36. The molecule has 2 fully saturated rings. The fraction of sp³-hybridized carbons (Fsp3) is 0.737. The van der Waals surface area contributed by atoms with Gasteiger partial charge in [0.1, 0.15) is 5.76 Å². The van der Waals surface area contributed by atoms with Gasteiger partial charge in [-0.2, -0.15) is 0 Å². The first kappa shape index (κ1) is 18.3. The van der Waals surface area contributed by atoms with E-state index < -0.39 is 0 Å². The third kappa shape index (κ3) is 4.76. The van der Waals surface area contributed by atoms with Crippen LogP contribution in [0.1, 0.15) is 37.5 Å². The Morgan fingerprint density at radius 1 is 1.36 bits per heavy atom. The Balaban J connectivity index is 1.59.